The van der Waals surface area contributed by atoms with Gasteiger partial charge in [0.2, 0.25) is 0 Å². The van der Waals surface area contributed by atoms with Gasteiger partial charge in [0, 0.05) is 11.4 Å². The summed E-state index contributed by atoms with van der Waals surface area (Å²) in [6, 6.07) is 11.3. The highest BCUT2D eigenvalue weighted by atomic mass is 16.5. The highest BCUT2D eigenvalue weighted by molar-refractivity contribution is 5.95. The van der Waals surface area contributed by atoms with Crippen molar-refractivity contribution in [3.63, 3.8) is 0 Å². The second-order valence-corrected chi connectivity index (χ2v) is 5.59. The molecule has 2 aromatic carbocycles. The quantitative estimate of drug-likeness (QED) is 0.848. The van der Waals surface area contributed by atoms with Gasteiger partial charge in [0.25, 0.3) is 5.91 Å². The Hall–Kier alpha value is -2.49. The highest BCUT2D eigenvalue weighted by Gasteiger charge is 2.16. The summed E-state index contributed by atoms with van der Waals surface area (Å²) >= 11 is 0. The molecule has 0 aliphatic rings. The van der Waals surface area contributed by atoms with Crippen LogP contribution in [0.1, 0.15) is 23.6 Å². The van der Waals surface area contributed by atoms with Crippen molar-refractivity contribution in [2.75, 3.05) is 11.1 Å². The maximum Gasteiger partial charge on any atom is 0.265 e. The average Bonchev–Trinajstić information content (AvgIpc) is 2.45. The molecule has 3 N–H and O–H groups in total. The second kappa shape index (κ2) is 6.52. The van der Waals surface area contributed by atoms with Gasteiger partial charge in [-0.15, -0.1) is 0 Å². The molecule has 0 saturated carbocycles. The molecule has 0 heterocycles. The van der Waals surface area contributed by atoms with Crippen LogP contribution in [0.3, 0.4) is 0 Å². The Balaban J connectivity index is 2.07. The Labute approximate surface area is 131 Å². The summed E-state index contributed by atoms with van der Waals surface area (Å²) in [7, 11) is 0. The molecule has 2 rings (SSSR count). The Kier molecular flexibility index (Phi) is 4.71. The zero-order valence-corrected chi connectivity index (χ0v) is 13.4. The molecule has 22 heavy (non-hydrogen) atoms. The molecule has 0 saturated heterocycles. The van der Waals surface area contributed by atoms with E-state index in [9.17, 15) is 4.79 Å². The van der Waals surface area contributed by atoms with Gasteiger partial charge in [-0.25, -0.2) is 0 Å². The van der Waals surface area contributed by atoms with Crippen LogP contribution in [-0.4, -0.2) is 12.0 Å². The number of nitrogen functional groups attached to an aromatic ring is 1. The van der Waals surface area contributed by atoms with E-state index in [-0.39, 0.29) is 5.91 Å². The molecule has 116 valence electrons. The van der Waals surface area contributed by atoms with Gasteiger partial charge >= 0.3 is 0 Å². The minimum absolute atomic E-state index is 0.200. The van der Waals surface area contributed by atoms with Crippen molar-refractivity contribution in [2.45, 2.75) is 33.8 Å². The molecule has 1 unspecified atom stereocenters. The molecular weight excluding hydrogens is 276 g/mol. The van der Waals surface area contributed by atoms with Gasteiger partial charge < -0.3 is 15.8 Å². The normalized spacial score (nSPS) is 11.8. The van der Waals surface area contributed by atoms with Gasteiger partial charge in [-0.1, -0.05) is 23.8 Å². The summed E-state index contributed by atoms with van der Waals surface area (Å²) in [5.41, 5.74) is 10.2. The van der Waals surface area contributed by atoms with E-state index >= 15 is 0 Å². The zero-order valence-electron chi connectivity index (χ0n) is 13.4. The molecule has 1 atom stereocenters. The van der Waals surface area contributed by atoms with E-state index in [1.54, 1.807) is 19.1 Å². The number of carbonyl (C=O) groups is 1. The third-order valence-corrected chi connectivity index (χ3v) is 3.52. The number of aryl methyl sites for hydroxylation is 3. The number of nitrogens with two attached hydrogens (primary N) is 1. The summed E-state index contributed by atoms with van der Waals surface area (Å²) in [6.45, 7) is 7.64. The van der Waals surface area contributed by atoms with Crippen LogP contribution < -0.4 is 15.8 Å². The lowest BCUT2D eigenvalue weighted by Crippen LogP contribution is -2.30. The van der Waals surface area contributed by atoms with Gasteiger partial charge in [0.15, 0.2) is 6.10 Å². The maximum absolute atomic E-state index is 12.3. The second-order valence-electron chi connectivity index (χ2n) is 5.59. The van der Waals surface area contributed by atoms with Crippen molar-refractivity contribution in [3.05, 3.63) is 53.1 Å². The zero-order chi connectivity index (χ0) is 16.3. The molecule has 0 bridgehead atoms. The maximum atomic E-state index is 12.3. The number of hydrogen-bond donors (Lipinski definition) is 2. The molecule has 0 spiro atoms. The minimum Gasteiger partial charge on any atom is -0.481 e. The summed E-state index contributed by atoms with van der Waals surface area (Å²) in [4.78, 5) is 12.3. The van der Waals surface area contributed by atoms with Crippen LogP contribution in [0.2, 0.25) is 0 Å². The first-order valence-electron chi connectivity index (χ1n) is 7.27. The number of hydrogen-bond acceptors (Lipinski definition) is 3. The Morgan fingerprint density at radius 2 is 1.82 bits per heavy atom. The number of amides is 1. The summed E-state index contributed by atoms with van der Waals surface area (Å²) in [5, 5.41) is 2.86. The van der Waals surface area contributed by atoms with Crippen LogP contribution in [0.15, 0.2) is 36.4 Å². The smallest absolute Gasteiger partial charge is 0.265 e. The molecule has 2 aromatic rings. The highest BCUT2D eigenvalue weighted by Crippen LogP contribution is 2.22. The van der Waals surface area contributed by atoms with Crippen LogP contribution in [0.5, 0.6) is 5.75 Å². The molecule has 4 heteroatoms. The molecule has 4 nitrogen and oxygen atoms in total. The molecular formula is C18H22N2O2. The van der Waals surface area contributed by atoms with E-state index in [1.165, 1.54) is 0 Å². The molecule has 0 aromatic heterocycles. The number of anilines is 2. The molecule has 1 amide bonds. The Morgan fingerprint density at radius 3 is 2.50 bits per heavy atom. The third-order valence-electron chi connectivity index (χ3n) is 3.52. The average molecular weight is 298 g/mol. The number of benzene rings is 2. The van der Waals surface area contributed by atoms with Crippen LogP contribution >= 0.6 is 0 Å². The molecule has 0 fully saturated rings. The summed E-state index contributed by atoms with van der Waals surface area (Å²) < 4.78 is 5.76. The van der Waals surface area contributed by atoms with Gasteiger partial charge in [-0.3, -0.25) is 4.79 Å². The first-order chi connectivity index (χ1) is 10.4. The van der Waals surface area contributed by atoms with Crippen molar-refractivity contribution >= 4 is 17.3 Å². The SMILES string of the molecule is Cc1ccc(OC(C)C(=O)Nc2cc(N)ccc2C)c(C)c1. The lowest BCUT2D eigenvalue weighted by Gasteiger charge is -2.17. The van der Waals surface area contributed by atoms with E-state index < -0.39 is 6.10 Å². The van der Waals surface area contributed by atoms with Gasteiger partial charge in [0.1, 0.15) is 5.75 Å². The van der Waals surface area contributed by atoms with E-state index in [4.69, 9.17) is 10.5 Å². The van der Waals surface area contributed by atoms with E-state index in [0.717, 1.165) is 22.4 Å². The van der Waals surface area contributed by atoms with Crippen molar-refractivity contribution in [2.24, 2.45) is 0 Å². The monoisotopic (exact) mass is 298 g/mol. The lowest BCUT2D eigenvalue weighted by molar-refractivity contribution is -0.122. The number of nitrogens with one attached hydrogen (secondary N) is 1. The van der Waals surface area contributed by atoms with Crippen LogP contribution in [0, 0.1) is 20.8 Å². The summed E-state index contributed by atoms with van der Waals surface area (Å²) in [5.74, 6) is 0.520. The largest absolute Gasteiger partial charge is 0.481 e. The Bertz CT molecular complexity index is 695. The van der Waals surface area contributed by atoms with Crippen LogP contribution in [0.25, 0.3) is 0 Å². The van der Waals surface area contributed by atoms with Crippen LogP contribution in [0.4, 0.5) is 11.4 Å². The first kappa shape index (κ1) is 15.9. The van der Waals surface area contributed by atoms with Crippen molar-refractivity contribution in [1.29, 1.82) is 0 Å². The Morgan fingerprint density at radius 1 is 1.09 bits per heavy atom. The predicted molar refractivity (Wildman–Crippen MR) is 90.2 cm³/mol. The van der Waals surface area contributed by atoms with Crippen LogP contribution in [-0.2, 0) is 4.79 Å². The number of ether oxygens (including phenoxy) is 1. The summed E-state index contributed by atoms with van der Waals surface area (Å²) in [6.07, 6.45) is -0.595. The molecule has 0 aliphatic carbocycles. The minimum atomic E-state index is -0.595. The van der Waals surface area contributed by atoms with Crippen molar-refractivity contribution in [1.82, 2.24) is 0 Å². The van der Waals surface area contributed by atoms with Gasteiger partial charge in [-0.2, -0.15) is 0 Å². The van der Waals surface area contributed by atoms with Crippen molar-refractivity contribution < 1.29 is 9.53 Å². The van der Waals surface area contributed by atoms with Gasteiger partial charge in [0.05, 0.1) is 0 Å². The lowest BCUT2D eigenvalue weighted by atomic mass is 10.1. The van der Waals surface area contributed by atoms with E-state index in [2.05, 4.69) is 5.32 Å². The predicted octanol–water partition coefficient (Wildman–Crippen LogP) is 3.60. The molecule has 0 radical (unpaired) electrons. The van der Waals surface area contributed by atoms with Gasteiger partial charge in [-0.05, 0) is 57.0 Å². The topological polar surface area (TPSA) is 64.3 Å². The van der Waals surface area contributed by atoms with Crippen molar-refractivity contribution in [3.8, 4) is 5.75 Å². The van der Waals surface area contributed by atoms with E-state index in [0.29, 0.717) is 11.4 Å². The number of carbonyl (C=O) groups excluding carboxylic acids is 1. The fourth-order valence-corrected chi connectivity index (χ4v) is 2.18. The number of rotatable bonds is 4. The fraction of sp³-hybridized carbons (Fsp3) is 0.278. The standard InChI is InChI=1S/C18H22N2O2/c1-11-5-8-17(13(3)9-11)22-14(4)18(21)20-16-10-15(19)7-6-12(16)2/h5-10,14H,19H2,1-4H3,(H,20,21). The first-order valence-corrected chi connectivity index (χ1v) is 7.27. The van der Waals surface area contributed by atoms with E-state index in [1.807, 2.05) is 45.0 Å². The fourth-order valence-electron chi connectivity index (χ4n) is 2.18. The molecule has 0 aliphatic heterocycles. The third kappa shape index (κ3) is 3.79.